The number of carbonyl (C=O) groups excluding carboxylic acids is 1. The summed E-state index contributed by atoms with van der Waals surface area (Å²) in [5, 5.41) is 5.19. The third-order valence-electron chi connectivity index (χ3n) is 2.96. The molecular weight excluding hydrogens is 274 g/mol. The van der Waals surface area contributed by atoms with Crippen LogP contribution in [0.2, 0.25) is 0 Å². The molecule has 1 amide bonds. The van der Waals surface area contributed by atoms with E-state index in [1.54, 1.807) is 6.20 Å². The van der Waals surface area contributed by atoms with Crippen LogP contribution in [0.3, 0.4) is 0 Å². The number of pyridine rings is 1. The van der Waals surface area contributed by atoms with Gasteiger partial charge in [0, 0.05) is 11.6 Å². The van der Waals surface area contributed by atoms with E-state index in [0.717, 1.165) is 11.4 Å². The van der Waals surface area contributed by atoms with Crippen molar-refractivity contribution in [2.24, 2.45) is 5.92 Å². The number of rotatable bonds is 6. The number of amides is 1. The Morgan fingerprint density at radius 2 is 2.30 bits per heavy atom. The SMILES string of the molecule is O=C(COCC1CC1)Nc1nc(-c2ccccn2)cs1. The standard InChI is InChI=1S/C14H15N3O2S/c18-13(8-19-7-10-4-5-10)17-14-16-12(9-20-14)11-3-1-2-6-15-11/h1-3,6,9-10H,4-5,7-8H2,(H,16,17,18). The molecule has 1 N–H and O–H groups in total. The summed E-state index contributed by atoms with van der Waals surface area (Å²) in [6.07, 6.45) is 4.17. The van der Waals surface area contributed by atoms with E-state index in [2.05, 4.69) is 15.3 Å². The second kappa shape index (κ2) is 6.11. The smallest absolute Gasteiger partial charge is 0.252 e. The van der Waals surface area contributed by atoms with Crippen LogP contribution in [0, 0.1) is 5.92 Å². The second-order valence-corrected chi connectivity index (χ2v) is 5.62. The first-order chi connectivity index (χ1) is 9.81. The molecule has 0 atom stereocenters. The highest BCUT2D eigenvalue weighted by molar-refractivity contribution is 7.14. The fourth-order valence-electron chi connectivity index (χ4n) is 1.72. The summed E-state index contributed by atoms with van der Waals surface area (Å²) in [4.78, 5) is 20.2. The maximum absolute atomic E-state index is 11.7. The average Bonchev–Trinajstić information content (AvgIpc) is 3.17. The van der Waals surface area contributed by atoms with Crippen LogP contribution in [0.25, 0.3) is 11.4 Å². The molecule has 5 nitrogen and oxygen atoms in total. The Bertz CT molecular complexity index is 581. The first-order valence-corrected chi connectivity index (χ1v) is 7.44. The van der Waals surface area contributed by atoms with Crippen molar-refractivity contribution in [3.63, 3.8) is 0 Å². The van der Waals surface area contributed by atoms with Crippen LogP contribution in [0.1, 0.15) is 12.8 Å². The van der Waals surface area contributed by atoms with Gasteiger partial charge in [0.1, 0.15) is 12.3 Å². The monoisotopic (exact) mass is 289 g/mol. The highest BCUT2D eigenvalue weighted by Gasteiger charge is 2.21. The first kappa shape index (κ1) is 13.2. The number of thiazole rings is 1. The first-order valence-electron chi connectivity index (χ1n) is 6.56. The quantitative estimate of drug-likeness (QED) is 0.887. The average molecular weight is 289 g/mol. The van der Waals surface area contributed by atoms with Crippen molar-refractivity contribution in [1.29, 1.82) is 0 Å². The second-order valence-electron chi connectivity index (χ2n) is 4.76. The molecule has 1 aliphatic rings. The van der Waals surface area contributed by atoms with E-state index in [9.17, 15) is 4.79 Å². The number of anilines is 1. The maximum Gasteiger partial charge on any atom is 0.252 e. The van der Waals surface area contributed by atoms with Gasteiger partial charge in [0.25, 0.3) is 5.91 Å². The number of nitrogens with zero attached hydrogens (tertiary/aromatic N) is 2. The van der Waals surface area contributed by atoms with E-state index in [0.29, 0.717) is 17.7 Å². The summed E-state index contributed by atoms with van der Waals surface area (Å²) in [5.74, 6) is 0.506. The molecule has 1 saturated carbocycles. The van der Waals surface area contributed by atoms with Crippen molar-refractivity contribution in [3.05, 3.63) is 29.8 Å². The minimum Gasteiger partial charge on any atom is -0.371 e. The minimum atomic E-state index is -0.160. The Balaban J connectivity index is 1.52. The van der Waals surface area contributed by atoms with Crippen molar-refractivity contribution >= 4 is 22.4 Å². The molecule has 3 rings (SSSR count). The van der Waals surface area contributed by atoms with Gasteiger partial charge < -0.3 is 4.74 Å². The topological polar surface area (TPSA) is 64.1 Å². The third-order valence-corrected chi connectivity index (χ3v) is 3.72. The molecule has 0 aromatic carbocycles. The fraction of sp³-hybridized carbons (Fsp3) is 0.357. The molecule has 0 aliphatic heterocycles. The van der Waals surface area contributed by atoms with Crippen molar-refractivity contribution < 1.29 is 9.53 Å². The van der Waals surface area contributed by atoms with Gasteiger partial charge in [0.15, 0.2) is 5.13 Å². The van der Waals surface area contributed by atoms with Gasteiger partial charge in [-0.3, -0.25) is 15.1 Å². The number of carbonyl (C=O) groups is 1. The van der Waals surface area contributed by atoms with Crippen LogP contribution in [0.5, 0.6) is 0 Å². The third kappa shape index (κ3) is 3.61. The van der Waals surface area contributed by atoms with Gasteiger partial charge >= 0.3 is 0 Å². The zero-order chi connectivity index (χ0) is 13.8. The molecular formula is C14H15N3O2S. The Morgan fingerprint density at radius 3 is 3.05 bits per heavy atom. The summed E-state index contributed by atoms with van der Waals surface area (Å²) < 4.78 is 5.34. The Morgan fingerprint density at radius 1 is 1.40 bits per heavy atom. The molecule has 2 aromatic rings. The van der Waals surface area contributed by atoms with Crippen molar-refractivity contribution in [2.45, 2.75) is 12.8 Å². The lowest BCUT2D eigenvalue weighted by Gasteiger charge is -2.02. The molecule has 0 unspecified atom stereocenters. The molecule has 2 heterocycles. The molecule has 20 heavy (non-hydrogen) atoms. The predicted molar refractivity (Wildman–Crippen MR) is 77.5 cm³/mol. The van der Waals surface area contributed by atoms with Gasteiger partial charge in [-0.05, 0) is 30.9 Å². The van der Waals surface area contributed by atoms with E-state index >= 15 is 0 Å². The van der Waals surface area contributed by atoms with Crippen LogP contribution < -0.4 is 5.32 Å². The molecule has 0 radical (unpaired) electrons. The van der Waals surface area contributed by atoms with Crippen molar-refractivity contribution in [3.8, 4) is 11.4 Å². The zero-order valence-electron chi connectivity index (χ0n) is 10.9. The number of aromatic nitrogens is 2. The highest BCUT2D eigenvalue weighted by atomic mass is 32.1. The van der Waals surface area contributed by atoms with Gasteiger partial charge in [0.2, 0.25) is 0 Å². The van der Waals surface area contributed by atoms with Gasteiger partial charge in [0.05, 0.1) is 12.3 Å². The Hall–Kier alpha value is -1.79. The van der Waals surface area contributed by atoms with Crippen LogP contribution in [0.4, 0.5) is 5.13 Å². The normalized spacial score (nSPS) is 14.2. The van der Waals surface area contributed by atoms with E-state index < -0.39 is 0 Å². The lowest BCUT2D eigenvalue weighted by atomic mass is 10.3. The summed E-state index contributed by atoms with van der Waals surface area (Å²) in [5.41, 5.74) is 1.57. The predicted octanol–water partition coefficient (Wildman–Crippen LogP) is 2.57. The Kier molecular flexibility index (Phi) is 4.03. The number of hydrogen-bond acceptors (Lipinski definition) is 5. The van der Waals surface area contributed by atoms with E-state index in [4.69, 9.17) is 4.74 Å². The lowest BCUT2D eigenvalue weighted by Crippen LogP contribution is -2.18. The summed E-state index contributed by atoms with van der Waals surface area (Å²) >= 11 is 1.39. The maximum atomic E-state index is 11.7. The van der Waals surface area contributed by atoms with Gasteiger partial charge in [-0.1, -0.05) is 6.07 Å². The van der Waals surface area contributed by atoms with Crippen LogP contribution in [-0.4, -0.2) is 29.1 Å². The van der Waals surface area contributed by atoms with E-state index in [1.807, 2.05) is 23.6 Å². The summed E-state index contributed by atoms with van der Waals surface area (Å²) in [7, 11) is 0. The Labute approximate surface area is 121 Å². The molecule has 6 heteroatoms. The number of nitrogens with one attached hydrogen (secondary N) is 1. The van der Waals surface area contributed by atoms with Crippen molar-refractivity contribution in [2.75, 3.05) is 18.5 Å². The molecule has 2 aromatic heterocycles. The van der Waals surface area contributed by atoms with Crippen LogP contribution in [0.15, 0.2) is 29.8 Å². The van der Waals surface area contributed by atoms with Crippen molar-refractivity contribution in [1.82, 2.24) is 9.97 Å². The minimum absolute atomic E-state index is 0.0923. The van der Waals surface area contributed by atoms with E-state index in [-0.39, 0.29) is 12.5 Å². The number of ether oxygens (including phenoxy) is 1. The van der Waals surface area contributed by atoms with E-state index in [1.165, 1.54) is 24.2 Å². The lowest BCUT2D eigenvalue weighted by molar-refractivity contribution is -0.120. The molecule has 104 valence electrons. The van der Waals surface area contributed by atoms with Gasteiger partial charge in [-0.15, -0.1) is 11.3 Å². The fourth-order valence-corrected chi connectivity index (χ4v) is 2.44. The molecule has 0 saturated heterocycles. The largest absolute Gasteiger partial charge is 0.371 e. The van der Waals surface area contributed by atoms with Crippen LogP contribution >= 0.6 is 11.3 Å². The number of hydrogen-bond donors (Lipinski definition) is 1. The van der Waals surface area contributed by atoms with Gasteiger partial charge in [-0.2, -0.15) is 0 Å². The highest BCUT2D eigenvalue weighted by Crippen LogP contribution is 2.28. The zero-order valence-corrected chi connectivity index (χ0v) is 11.7. The molecule has 1 fully saturated rings. The summed E-state index contributed by atoms with van der Waals surface area (Å²) in [6.45, 7) is 0.777. The molecule has 1 aliphatic carbocycles. The van der Waals surface area contributed by atoms with Gasteiger partial charge in [-0.25, -0.2) is 4.98 Å². The summed E-state index contributed by atoms with van der Waals surface area (Å²) in [6, 6.07) is 5.65. The molecule has 0 bridgehead atoms. The molecule has 0 spiro atoms. The van der Waals surface area contributed by atoms with Crippen LogP contribution in [-0.2, 0) is 9.53 Å².